The van der Waals surface area contributed by atoms with Crippen LogP contribution in [-0.4, -0.2) is 10.7 Å². The molecular weight excluding hydrogens is 190 g/mol. The lowest BCUT2D eigenvalue weighted by molar-refractivity contribution is 0.779. The number of aromatic nitrogens is 1. The van der Waals surface area contributed by atoms with E-state index in [-0.39, 0.29) is 0 Å². The zero-order chi connectivity index (χ0) is 10.2. The Balaban J connectivity index is 2.29. The van der Waals surface area contributed by atoms with Gasteiger partial charge in [0, 0.05) is 22.9 Å². The maximum atomic E-state index is 4.08. The molecule has 2 heteroatoms. The van der Waals surface area contributed by atoms with E-state index in [9.17, 15) is 0 Å². The summed E-state index contributed by atoms with van der Waals surface area (Å²) < 4.78 is 0. The van der Waals surface area contributed by atoms with Crippen molar-refractivity contribution in [2.24, 2.45) is 0 Å². The van der Waals surface area contributed by atoms with Gasteiger partial charge in [0.2, 0.25) is 0 Å². The van der Waals surface area contributed by atoms with Crippen LogP contribution >= 0.6 is 11.8 Å². The van der Waals surface area contributed by atoms with E-state index in [1.165, 1.54) is 25.0 Å². The molecule has 0 aliphatic rings. The van der Waals surface area contributed by atoms with Gasteiger partial charge in [-0.2, -0.15) is 0 Å². The van der Waals surface area contributed by atoms with Crippen LogP contribution in [-0.2, 0) is 0 Å². The van der Waals surface area contributed by atoms with E-state index in [1.54, 1.807) is 6.20 Å². The predicted molar refractivity (Wildman–Crippen MR) is 65.3 cm³/mol. The first-order valence-corrected chi connectivity index (χ1v) is 6.05. The van der Waals surface area contributed by atoms with Crippen LogP contribution in [0, 0.1) is 0 Å². The highest BCUT2D eigenvalue weighted by Gasteiger charge is 1.98. The van der Waals surface area contributed by atoms with Crippen molar-refractivity contribution in [1.29, 1.82) is 0 Å². The molecule has 14 heavy (non-hydrogen) atoms. The Morgan fingerprint density at radius 2 is 2.36 bits per heavy atom. The lowest BCUT2D eigenvalue weighted by Gasteiger charge is -2.04. The molecule has 0 amide bonds. The molecule has 0 bridgehead atoms. The fraction of sp³-hybridized carbons (Fsp3) is 0.417. The lowest BCUT2D eigenvalue weighted by Crippen LogP contribution is -1.83. The number of unbranched alkanes of at least 4 members (excludes halogenated alkanes) is 2. The van der Waals surface area contributed by atoms with E-state index >= 15 is 0 Å². The molecule has 0 unspecified atom stereocenters. The van der Waals surface area contributed by atoms with Gasteiger partial charge < -0.3 is 0 Å². The minimum absolute atomic E-state index is 1.13. The van der Waals surface area contributed by atoms with E-state index in [1.807, 2.05) is 24.0 Å². The number of nitrogens with zero attached hydrogens (tertiary/aromatic N) is 1. The molecule has 0 aromatic carbocycles. The van der Waals surface area contributed by atoms with E-state index in [0.29, 0.717) is 0 Å². The SMILES string of the molecule is C=C(SCCCCC)c1cccnc1. The van der Waals surface area contributed by atoms with E-state index < -0.39 is 0 Å². The molecule has 0 fully saturated rings. The molecule has 0 saturated carbocycles. The van der Waals surface area contributed by atoms with Crippen LogP contribution in [0.1, 0.15) is 31.7 Å². The number of pyridine rings is 1. The highest BCUT2D eigenvalue weighted by molar-refractivity contribution is 8.08. The van der Waals surface area contributed by atoms with Gasteiger partial charge in [0.05, 0.1) is 0 Å². The molecule has 1 rings (SSSR count). The van der Waals surface area contributed by atoms with Crippen LogP contribution in [0.25, 0.3) is 4.91 Å². The van der Waals surface area contributed by atoms with E-state index in [2.05, 4.69) is 24.6 Å². The molecule has 1 heterocycles. The first kappa shape index (κ1) is 11.3. The van der Waals surface area contributed by atoms with Crippen LogP contribution in [0.4, 0.5) is 0 Å². The Bertz CT molecular complexity index is 269. The van der Waals surface area contributed by atoms with Crippen molar-refractivity contribution in [3.8, 4) is 0 Å². The molecule has 1 nitrogen and oxygen atoms in total. The normalized spacial score (nSPS) is 10.1. The molecular formula is C12H17NS. The van der Waals surface area contributed by atoms with Crippen molar-refractivity contribution in [3.63, 3.8) is 0 Å². The fourth-order valence-corrected chi connectivity index (χ4v) is 2.04. The van der Waals surface area contributed by atoms with Crippen molar-refractivity contribution in [3.05, 3.63) is 36.7 Å². The van der Waals surface area contributed by atoms with Gasteiger partial charge in [-0.1, -0.05) is 32.4 Å². The maximum Gasteiger partial charge on any atom is 0.0351 e. The molecule has 0 N–H and O–H groups in total. The molecule has 0 radical (unpaired) electrons. The quantitative estimate of drug-likeness (QED) is 0.654. The summed E-state index contributed by atoms with van der Waals surface area (Å²) in [5.74, 6) is 1.17. The third kappa shape index (κ3) is 3.97. The average Bonchev–Trinajstić information content (AvgIpc) is 2.25. The topological polar surface area (TPSA) is 12.9 Å². The van der Waals surface area contributed by atoms with Gasteiger partial charge in [0.1, 0.15) is 0 Å². The smallest absolute Gasteiger partial charge is 0.0351 e. The van der Waals surface area contributed by atoms with E-state index in [0.717, 1.165) is 10.5 Å². The molecule has 0 spiro atoms. The van der Waals surface area contributed by atoms with Gasteiger partial charge in [-0.25, -0.2) is 0 Å². The molecule has 0 saturated heterocycles. The standard InChI is InChI=1S/C12H17NS/c1-3-4-5-9-14-11(2)12-7-6-8-13-10-12/h6-8,10H,2-5,9H2,1H3. The van der Waals surface area contributed by atoms with Gasteiger partial charge in [-0.05, 0) is 18.2 Å². The van der Waals surface area contributed by atoms with Crippen molar-refractivity contribution in [2.75, 3.05) is 5.75 Å². The summed E-state index contributed by atoms with van der Waals surface area (Å²) >= 11 is 1.83. The van der Waals surface area contributed by atoms with Crippen molar-refractivity contribution in [1.82, 2.24) is 4.98 Å². The van der Waals surface area contributed by atoms with Crippen LogP contribution < -0.4 is 0 Å². The predicted octanol–water partition coefficient (Wildman–Crippen LogP) is 3.98. The molecule has 0 atom stereocenters. The summed E-state index contributed by atoms with van der Waals surface area (Å²) in [5.41, 5.74) is 1.15. The highest BCUT2D eigenvalue weighted by Crippen LogP contribution is 2.25. The molecule has 0 aliphatic heterocycles. The lowest BCUT2D eigenvalue weighted by atomic mass is 10.3. The Labute approximate surface area is 90.6 Å². The zero-order valence-electron chi connectivity index (χ0n) is 8.70. The van der Waals surface area contributed by atoms with Gasteiger partial charge >= 0.3 is 0 Å². The monoisotopic (exact) mass is 207 g/mol. The number of hydrogen-bond acceptors (Lipinski definition) is 2. The Kier molecular flexibility index (Phi) is 5.38. The van der Waals surface area contributed by atoms with E-state index in [4.69, 9.17) is 0 Å². The second kappa shape index (κ2) is 6.66. The van der Waals surface area contributed by atoms with Crippen LogP contribution in [0.2, 0.25) is 0 Å². The summed E-state index contributed by atoms with van der Waals surface area (Å²) in [5, 5.41) is 0. The third-order valence-electron chi connectivity index (χ3n) is 2.01. The number of thioether (sulfide) groups is 1. The Morgan fingerprint density at radius 3 is 3.00 bits per heavy atom. The van der Waals surface area contributed by atoms with Gasteiger partial charge in [0.25, 0.3) is 0 Å². The molecule has 1 aromatic rings. The third-order valence-corrected chi connectivity index (χ3v) is 3.08. The Morgan fingerprint density at radius 1 is 1.50 bits per heavy atom. The minimum atomic E-state index is 1.13. The summed E-state index contributed by atoms with van der Waals surface area (Å²) in [7, 11) is 0. The maximum absolute atomic E-state index is 4.08. The minimum Gasteiger partial charge on any atom is -0.264 e. The van der Waals surface area contributed by atoms with Crippen LogP contribution in [0.3, 0.4) is 0 Å². The molecule has 1 aromatic heterocycles. The van der Waals surface area contributed by atoms with Crippen LogP contribution in [0.15, 0.2) is 31.1 Å². The summed E-state index contributed by atoms with van der Waals surface area (Å²) in [6, 6.07) is 4.01. The number of rotatable bonds is 6. The largest absolute Gasteiger partial charge is 0.264 e. The van der Waals surface area contributed by atoms with Gasteiger partial charge in [-0.3, -0.25) is 4.98 Å². The molecule has 0 aliphatic carbocycles. The summed E-state index contributed by atoms with van der Waals surface area (Å²) in [6.45, 7) is 6.27. The summed E-state index contributed by atoms with van der Waals surface area (Å²) in [6.07, 6.45) is 7.53. The first-order valence-electron chi connectivity index (χ1n) is 5.06. The summed E-state index contributed by atoms with van der Waals surface area (Å²) in [4.78, 5) is 5.21. The van der Waals surface area contributed by atoms with Crippen molar-refractivity contribution >= 4 is 16.7 Å². The van der Waals surface area contributed by atoms with Gasteiger partial charge in [0.15, 0.2) is 0 Å². The fourth-order valence-electron chi connectivity index (χ4n) is 1.16. The zero-order valence-corrected chi connectivity index (χ0v) is 9.52. The number of hydrogen-bond donors (Lipinski definition) is 0. The average molecular weight is 207 g/mol. The second-order valence-electron chi connectivity index (χ2n) is 3.22. The van der Waals surface area contributed by atoms with Crippen molar-refractivity contribution in [2.45, 2.75) is 26.2 Å². The van der Waals surface area contributed by atoms with Gasteiger partial charge in [-0.15, -0.1) is 11.8 Å². The second-order valence-corrected chi connectivity index (χ2v) is 4.41. The Hall–Kier alpha value is -0.760. The first-order chi connectivity index (χ1) is 6.84. The molecule has 76 valence electrons. The van der Waals surface area contributed by atoms with Crippen LogP contribution in [0.5, 0.6) is 0 Å². The van der Waals surface area contributed by atoms with Crippen molar-refractivity contribution < 1.29 is 0 Å². The highest BCUT2D eigenvalue weighted by atomic mass is 32.2.